The van der Waals surface area contributed by atoms with Gasteiger partial charge in [0.1, 0.15) is 11.5 Å². The molecule has 0 spiro atoms. The number of thiazole rings is 1. The Labute approximate surface area is 136 Å². The molecule has 1 aromatic carbocycles. The molecule has 0 fully saturated rings. The number of aryl methyl sites for hydroxylation is 2. The lowest BCUT2D eigenvalue weighted by molar-refractivity contribution is -0.131. The number of aromatic nitrogens is 1. The van der Waals surface area contributed by atoms with Crippen LogP contribution in [0.5, 0.6) is 11.5 Å². The third kappa shape index (κ3) is 3.26. The first-order valence-electron chi connectivity index (χ1n) is 6.97. The summed E-state index contributed by atoms with van der Waals surface area (Å²) in [7, 11) is 0. The van der Waals surface area contributed by atoms with E-state index in [2.05, 4.69) is 15.8 Å². The number of amides is 2. The van der Waals surface area contributed by atoms with E-state index in [-0.39, 0.29) is 6.61 Å². The first-order valence-corrected chi connectivity index (χ1v) is 7.79. The number of benzene rings is 1. The van der Waals surface area contributed by atoms with Crippen molar-refractivity contribution in [1.82, 2.24) is 15.8 Å². The van der Waals surface area contributed by atoms with E-state index in [1.807, 2.05) is 13.0 Å². The number of ether oxygens (including phenoxy) is 2. The number of para-hydroxylation sites is 2. The number of hydrazine groups is 1. The summed E-state index contributed by atoms with van der Waals surface area (Å²) in [5, 5.41) is 0.791. The molecule has 2 heterocycles. The summed E-state index contributed by atoms with van der Waals surface area (Å²) < 4.78 is 11.0. The fraction of sp³-hybridized carbons (Fsp3) is 0.267. The van der Waals surface area contributed by atoms with Gasteiger partial charge in [0.25, 0.3) is 11.8 Å². The van der Waals surface area contributed by atoms with E-state index in [0.29, 0.717) is 22.1 Å². The molecule has 3 rings (SSSR count). The smallest absolute Gasteiger partial charge is 0.283 e. The zero-order valence-corrected chi connectivity index (χ0v) is 13.4. The molecule has 0 aliphatic carbocycles. The maximum Gasteiger partial charge on any atom is 0.283 e. The molecule has 1 aromatic heterocycles. The zero-order chi connectivity index (χ0) is 16.4. The minimum Gasteiger partial charge on any atom is -0.485 e. The highest BCUT2D eigenvalue weighted by Crippen LogP contribution is 2.30. The standard InChI is InChI=1S/C15H15N3O4S/c1-8-13(23-9(2)16-8)15(20)18-17-14(19)12-7-21-10-5-3-4-6-11(10)22-12/h3-6,12H,7H2,1-2H3,(H,17,19)(H,18,20)/t12-/m1/s1. The van der Waals surface area contributed by atoms with Gasteiger partial charge in [0.05, 0.1) is 10.7 Å². The van der Waals surface area contributed by atoms with Crippen molar-refractivity contribution in [2.45, 2.75) is 20.0 Å². The van der Waals surface area contributed by atoms with Crippen LogP contribution >= 0.6 is 11.3 Å². The molecule has 2 aromatic rings. The highest BCUT2D eigenvalue weighted by atomic mass is 32.1. The summed E-state index contributed by atoms with van der Waals surface area (Å²) in [6.45, 7) is 3.64. The van der Waals surface area contributed by atoms with Gasteiger partial charge in [0.2, 0.25) is 6.10 Å². The average Bonchev–Trinajstić information content (AvgIpc) is 2.90. The lowest BCUT2D eigenvalue weighted by atomic mass is 10.2. The summed E-state index contributed by atoms with van der Waals surface area (Å²) in [6.07, 6.45) is -0.825. The largest absolute Gasteiger partial charge is 0.485 e. The van der Waals surface area contributed by atoms with Crippen molar-refractivity contribution in [3.8, 4) is 11.5 Å². The number of fused-ring (bicyclic) bond motifs is 1. The van der Waals surface area contributed by atoms with Gasteiger partial charge in [-0.25, -0.2) is 4.98 Å². The van der Waals surface area contributed by atoms with Crippen LogP contribution in [0.2, 0.25) is 0 Å². The van der Waals surface area contributed by atoms with Gasteiger partial charge < -0.3 is 9.47 Å². The Morgan fingerprint density at radius 3 is 2.65 bits per heavy atom. The highest BCUT2D eigenvalue weighted by Gasteiger charge is 2.27. The SMILES string of the molecule is Cc1nc(C)c(C(=O)NNC(=O)[C@H]2COc3ccccc3O2)s1. The first-order chi connectivity index (χ1) is 11.0. The van der Waals surface area contributed by atoms with Gasteiger partial charge in [-0.15, -0.1) is 11.3 Å². The lowest BCUT2D eigenvalue weighted by Gasteiger charge is -2.25. The van der Waals surface area contributed by atoms with Crippen LogP contribution in [0.25, 0.3) is 0 Å². The average molecular weight is 333 g/mol. The summed E-state index contributed by atoms with van der Waals surface area (Å²) in [5.74, 6) is 0.209. The van der Waals surface area contributed by atoms with E-state index in [9.17, 15) is 9.59 Å². The van der Waals surface area contributed by atoms with Gasteiger partial charge in [0, 0.05) is 0 Å². The van der Waals surface area contributed by atoms with E-state index >= 15 is 0 Å². The number of hydrogen-bond acceptors (Lipinski definition) is 6. The van der Waals surface area contributed by atoms with E-state index in [4.69, 9.17) is 9.47 Å². The molecular weight excluding hydrogens is 318 g/mol. The Hall–Kier alpha value is -2.61. The second-order valence-corrected chi connectivity index (χ2v) is 6.16. The van der Waals surface area contributed by atoms with Gasteiger partial charge in [-0.1, -0.05) is 12.1 Å². The molecule has 0 unspecified atom stereocenters. The summed E-state index contributed by atoms with van der Waals surface area (Å²) in [4.78, 5) is 28.8. The van der Waals surface area contributed by atoms with Crippen LogP contribution in [0.15, 0.2) is 24.3 Å². The van der Waals surface area contributed by atoms with E-state index in [1.54, 1.807) is 25.1 Å². The van der Waals surface area contributed by atoms with Crippen molar-refractivity contribution in [3.63, 3.8) is 0 Å². The van der Waals surface area contributed by atoms with Crippen molar-refractivity contribution in [3.05, 3.63) is 39.8 Å². The third-order valence-corrected chi connectivity index (χ3v) is 4.28. The summed E-state index contributed by atoms with van der Waals surface area (Å²) >= 11 is 1.27. The summed E-state index contributed by atoms with van der Waals surface area (Å²) in [6, 6.07) is 7.10. The quantitative estimate of drug-likeness (QED) is 0.810. The molecule has 1 aliphatic heterocycles. The molecule has 1 atom stereocenters. The van der Waals surface area contributed by atoms with Crippen LogP contribution in [-0.2, 0) is 4.79 Å². The lowest BCUT2D eigenvalue weighted by Crippen LogP contribution is -2.50. The Kier molecular flexibility index (Phi) is 4.16. The maximum absolute atomic E-state index is 12.1. The van der Waals surface area contributed by atoms with Gasteiger partial charge in [-0.3, -0.25) is 20.4 Å². The van der Waals surface area contributed by atoms with Crippen LogP contribution in [-0.4, -0.2) is 29.5 Å². The monoisotopic (exact) mass is 333 g/mol. The number of carbonyl (C=O) groups is 2. The van der Waals surface area contributed by atoms with Gasteiger partial charge in [-0.2, -0.15) is 0 Å². The molecule has 0 radical (unpaired) electrons. The van der Waals surface area contributed by atoms with E-state index < -0.39 is 17.9 Å². The van der Waals surface area contributed by atoms with Crippen molar-refractivity contribution < 1.29 is 19.1 Å². The number of nitrogens with one attached hydrogen (secondary N) is 2. The van der Waals surface area contributed by atoms with Crippen LogP contribution in [0.1, 0.15) is 20.4 Å². The van der Waals surface area contributed by atoms with Crippen molar-refractivity contribution in [2.75, 3.05) is 6.61 Å². The predicted molar refractivity (Wildman–Crippen MR) is 83.5 cm³/mol. The number of carbonyl (C=O) groups excluding carboxylic acids is 2. The molecule has 2 N–H and O–H groups in total. The number of hydrogen-bond donors (Lipinski definition) is 2. The first kappa shape index (κ1) is 15.3. The molecular formula is C15H15N3O4S. The zero-order valence-electron chi connectivity index (χ0n) is 12.6. The second kappa shape index (κ2) is 6.25. The minimum atomic E-state index is -0.825. The molecule has 0 saturated heterocycles. The fourth-order valence-electron chi connectivity index (χ4n) is 2.15. The Bertz CT molecular complexity index is 759. The highest BCUT2D eigenvalue weighted by molar-refractivity contribution is 7.13. The number of nitrogens with zero attached hydrogens (tertiary/aromatic N) is 1. The van der Waals surface area contributed by atoms with E-state index in [0.717, 1.165) is 5.01 Å². The van der Waals surface area contributed by atoms with Crippen LogP contribution in [0.3, 0.4) is 0 Å². The molecule has 2 amide bonds. The van der Waals surface area contributed by atoms with Gasteiger partial charge in [0.15, 0.2) is 11.5 Å². The Morgan fingerprint density at radius 2 is 1.96 bits per heavy atom. The minimum absolute atomic E-state index is 0.0808. The molecule has 23 heavy (non-hydrogen) atoms. The van der Waals surface area contributed by atoms with Crippen molar-refractivity contribution in [1.29, 1.82) is 0 Å². The molecule has 1 aliphatic rings. The second-order valence-electron chi connectivity index (χ2n) is 4.96. The Morgan fingerprint density at radius 1 is 1.22 bits per heavy atom. The normalized spacial score (nSPS) is 15.8. The molecule has 7 nitrogen and oxygen atoms in total. The molecule has 8 heteroatoms. The van der Waals surface area contributed by atoms with E-state index in [1.165, 1.54) is 11.3 Å². The van der Waals surface area contributed by atoms with Crippen LogP contribution in [0.4, 0.5) is 0 Å². The topological polar surface area (TPSA) is 89.6 Å². The van der Waals surface area contributed by atoms with Gasteiger partial charge >= 0.3 is 0 Å². The van der Waals surface area contributed by atoms with Crippen LogP contribution < -0.4 is 20.3 Å². The molecule has 0 bridgehead atoms. The number of rotatable bonds is 2. The van der Waals surface area contributed by atoms with Gasteiger partial charge in [-0.05, 0) is 26.0 Å². The fourth-order valence-corrected chi connectivity index (χ4v) is 2.96. The van der Waals surface area contributed by atoms with Crippen molar-refractivity contribution in [2.24, 2.45) is 0 Å². The maximum atomic E-state index is 12.1. The van der Waals surface area contributed by atoms with Crippen molar-refractivity contribution >= 4 is 23.2 Å². The molecule has 0 saturated carbocycles. The predicted octanol–water partition coefficient (Wildman–Crippen LogP) is 1.36. The Balaban J connectivity index is 1.58. The molecule has 120 valence electrons. The summed E-state index contributed by atoms with van der Waals surface area (Å²) in [5.41, 5.74) is 5.35. The van der Waals surface area contributed by atoms with Crippen LogP contribution in [0, 0.1) is 13.8 Å². The third-order valence-electron chi connectivity index (χ3n) is 3.21.